The van der Waals surface area contributed by atoms with Gasteiger partial charge in [0.25, 0.3) is 5.91 Å². The molecular weight excluding hydrogens is 234 g/mol. The lowest BCUT2D eigenvalue weighted by Gasteiger charge is -2.15. The standard InChI is InChI=1S/C13H19NO4/c1-2-9(6-7-15)8-14-13(18)12-10(16)4-3-5-11(12)17/h3-5,9,15-17H,2,6-8H2,1H3,(H,14,18). The first-order valence-electron chi connectivity index (χ1n) is 6.00. The second-order valence-corrected chi connectivity index (χ2v) is 4.17. The first-order chi connectivity index (χ1) is 8.60. The average molecular weight is 253 g/mol. The predicted molar refractivity (Wildman–Crippen MR) is 67.6 cm³/mol. The van der Waals surface area contributed by atoms with Gasteiger partial charge in [-0.2, -0.15) is 0 Å². The zero-order chi connectivity index (χ0) is 13.5. The molecule has 1 amide bonds. The van der Waals surface area contributed by atoms with Crippen LogP contribution in [-0.2, 0) is 0 Å². The Labute approximate surface area is 106 Å². The van der Waals surface area contributed by atoms with Gasteiger partial charge in [0.15, 0.2) is 0 Å². The van der Waals surface area contributed by atoms with E-state index in [4.69, 9.17) is 5.11 Å². The van der Waals surface area contributed by atoms with Gasteiger partial charge < -0.3 is 20.6 Å². The number of aliphatic hydroxyl groups is 1. The number of aliphatic hydroxyl groups excluding tert-OH is 1. The van der Waals surface area contributed by atoms with E-state index in [1.165, 1.54) is 18.2 Å². The molecule has 0 saturated carbocycles. The van der Waals surface area contributed by atoms with Gasteiger partial charge in [-0.05, 0) is 24.5 Å². The average Bonchev–Trinajstić information content (AvgIpc) is 2.34. The highest BCUT2D eigenvalue weighted by molar-refractivity contribution is 5.99. The van der Waals surface area contributed by atoms with Crippen molar-refractivity contribution in [3.05, 3.63) is 23.8 Å². The van der Waals surface area contributed by atoms with E-state index in [0.29, 0.717) is 13.0 Å². The van der Waals surface area contributed by atoms with Gasteiger partial charge >= 0.3 is 0 Å². The molecule has 0 aliphatic heterocycles. The lowest BCUT2D eigenvalue weighted by Crippen LogP contribution is -2.29. The van der Waals surface area contributed by atoms with Gasteiger partial charge in [0.2, 0.25) is 0 Å². The molecule has 0 saturated heterocycles. The third-order valence-corrected chi connectivity index (χ3v) is 2.91. The Morgan fingerprint density at radius 1 is 1.33 bits per heavy atom. The van der Waals surface area contributed by atoms with Gasteiger partial charge in [-0.15, -0.1) is 0 Å². The van der Waals surface area contributed by atoms with E-state index in [1.54, 1.807) is 0 Å². The molecule has 0 aliphatic rings. The van der Waals surface area contributed by atoms with Crippen LogP contribution in [0.5, 0.6) is 11.5 Å². The SMILES string of the molecule is CCC(CCO)CNC(=O)c1c(O)cccc1O. The highest BCUT2D eigenvalue weighted by atomic mass is 16.3. The molecule has 0 aliphatic carbocycles. The number of amides is 1. The molecule has 0 radical (unpaired) electrons. The summed E-state index contributed by atoms with van der Waals surface area (Å²) in [5.74, 6) is -0.820. The number of carbonyl (C=O) groups excluding carboxylic acids is 1. The third kappa shape index (κ3) is 3.63. The van der Waals surface area contributed by atoms with E-state index in [2.05, 4.69) is 5.32 Å². The van der Waals surface area contributed by atoms with Gasteiger partial charge in [0.1, 0.15) is 17.1 Å². The van der Waals surface area contributed by atoms with Crippen molar-refractivity contribution in [2.45, 2.75) is 19.8 Å². The molecule has 100 valence electrons. The molecule has 1 rings (SSSR count). The van der Waals surface area contributed by atoms with Crippen molar-refractivity contribution in [2.75, 3.05) is 13.2 Å². The Kier molecular flexibility index (Phi) is 5.45. The number of rotatable bonds is 6. The number of hydrogen-bond donors (Lipinski definition) is 4. The summed E-state index contributed by atoms with van der Waals surface area (Å²) in [7, 11) is 0. The molecule has 0 bridgehead atoms. The molecule has 0 heterocycles. The molecule has 5 heteroatoms. The molecule has 0 aromatic heterocycles. The Balaban J connectivity index is 2.65. The quantitative estimate of drug-likeness (QED) is 0.614. The fourth-order valence-corrected chi connectivity index (χ4v) is 1.72. The maximum Gasteiger partial charge on any atom is 0.258 e. The molecule has 1 aromatic rings. The maximum absolute atomic E-state index is 11.8. The molecule has 0 fully saturated rings. The van der Waals surface area contributed by atoms with E-state index in [1.807, 2.05) is 6.92 Å². The fraction of sp³-hybridized carbons (Fsp3) is 0.462. The summed E-state index contributed by atoms with van der Waals surface area (Å²) in [6, 6.07) is 4.15. The largest absolute Gasteiger partial charge is 0.507 e. The Morgan fingerprint density at radius 2 is 1.94 bits per heavy atom. The van der Waals surface area contributed by atoms with Gasteiger partial charge in [-0.3, -0.25) is 4.79 Å². The van der Waals surface area contributed by atoms with Crippen molar-refractivity contribution in [2.24, 2.45) is 5.92 Å². The molecule has 1 aromatic carbocycles. The Morgan fingerprint density at radius 3 is 2.44 bits per heavy atom. The molecule has 5 nitrogen and oxygen atoms in total. The fourth-order valence-electron chi connectivity index (χ4n) is 1.72. The lowest BCUT2D eigenvalue weighted by molar-refractivity contribution is 0.0938. The topological polar surface area (TPSA) is 89.8 Å². The van der Waals surface area contributed by atoms with Crippen LogP contribution < -0.4 is 5.32 Å². The Hall–Kier alpha value is -1.75. The van der Waals surface area contributed by atoms with E-state index < -0.39 is 5.91 Å². The van der Waals surface area contributed by atoms with Crippen molar-refractivity contribution in [1.29, 1.82) is 0 Å². The first kappa shape index (κ1) is 14.3. The van der Waals surface area contributed by atoms with Gasteiger partial charge in [0.05, 0.1) is 0 Å². The number of hydrogen-bond acceptors (Lipinski definition) is 4. The van der Waals surface area contributed by atoms with Crippen LogP contribution in [0.3, 0.4) is 0 Å². The van der Waals surface area contributed by atoms with Crippen LogP contribution in [0, 0.1) is 5.92 Å². The minimum atomic E-state index is -0.512. The first-order valence-corrected chi connectivity index (χ1v) is 6.00. The van der Waals surface area contributed by atoms with E-state index in [-0.39, 0.29) is 29.6 Å². The number of nitrogens with one attached hydrogen (secondary N) is 1. The monoisotopic (exact) mass is 253 g/mol. The molecule has 4 N–H and O–H groups in total. The van der Waals surface area contributed by atoms with Crippen LogP contribution in [0.25, 0.3) is 0 Å². The second-order valence-electron chi connectivity index (χ2n) is 4.17. The number of phenols is 2. The summed E-state index contributed by atoms with van der Waals surface area (Å²) in [4.78, 5) is 11.8. The summed E-state index contributed by atoms with van der Waals surface area (Å²) in [6.07, 6.45) is 1.46. The highest BCUT2D eigenvalue weighted by Crippen LogP contribution is 2.25. The van der Waals surface area contributed by atoms with Gasteiger partial charge in [0, 0.05) is 13.2 Å². The van der Waals surface area contributed by atoms with Crippen molar-refractivity contribution in [1.82, 2.24) is 5.32 Å². The summed E-state index contributed by atoms with van der Waals surface area (Å²) in [5, 5.41) is 30.5. The number of benzene rings is 1. The molecule has 0 spiro atoms. The minimum Gasteiger partial charge on any atom is -0.507 e. The van der Waals surface area contributed by atoms with E-state index >= 15 is 0 Å². The summed E-state index contributed by atoms with van der Waals surface area (Å²) < 4.78 is 0. The van der Waals surface area contributed by atoms with Gasteiger partial charge in [-0.1, -0.05) is 19.4 Å². The predicted octanol–water partition coefficient (Wildman–Crippen LogP) is 1.24. The lowest BCUT2D eigenvalue weighted by atomic mass is 10.0. The second kappa shape index (κ2) is 6.86. The van der Waals surface area contributed by atoms with Crippen LogP contribution in [0.2, 0.25) is 0 Å². The molecule has 1 atom stereocenters. The smallest absolute Gasteiger partial charge is 0.258 e. The molecule has 18 heavy (non-hydrogen) atoms. The third-order valence-electron chi connectivity index (χ3n) is 2.91. The van der Waals surface area contributed by atoms with E-state index in [0.717, 1.165) is 6.42 Å². The highest BCUT2D eigenvalue weighted by Gasteiger charge is 2.16. The summed E-state index contributed by atoms with van der Waals surface area (Å²) in [6.45, 7) is 2.46. The zero-order valence-electron chi connectivity index (χ0n) is 10.4. The van der Waals surface area contributed by atoms with E-state index in [9.17, 15) is 15.0 Å². The summed E-state index contributed by atoms with van der Waals surface area (Å²) in [5.41, 5.74) is -0.114. The Bertz CT molecular complexity index is 386. The zero-order valence-corrected chi connectivity index (χ0v) is 10.4. The summed E-state index contributed by atoms with van der Waals surface area (Å²) >= 11 is 0. The maximum atomic E-state index is 11.8. The van der Waals surface area contributed by atoms with Crippen molar-refractivity contribution in [3.63, 3.8) is 0 Å². The van der Waals surface area contributed by atoms with Crippen LogP contribution in [0.4, 0.5) is 0 Å². The molecule has 1 unspecified atom stereocenters. The van der Waals surface area contributed by atoms with Crippen molar-refractivity contribution < 1.29 is 20.1 Å². The minimum absolute atomic E-state index is 0.0796. The normalized spacial score (nSPS) is 12.1. The van der Waals surface area contributed by atoms with Crippen molar-refractivity contribution >= 4 is 5.91 Å². The van der Waals surface area contributed by atoms with Crippen LogP contribution in [0.15, 0.2) is 18.2 Å². The number of phenolic OH excluding ortho intramolecular Hbond substituents is 2. The molecular formula is C13H19NO4. The van der Waals surface area contributed by atoms with Crippen LogP contribution >= 0.6 is 0 Å². The number of carbonyl (C=O) groups is 1. The van der Waals surface area contributed by atoms with Crippen LogP contribution in [-0.4, -0.2) is 34.4 Å². The number of aromatic hydroxyl groups is 2. The van der Waals surface area contributed by atoms with Crippen LogP contribution in [0.1, 0.15) is 30.1 Å². The van der Waals surface area contributed by atoms with Crippen molar-refractivity contribution in [3.8, 4) is 11.5 Å². The van der Waals surface area contributed by atoms with Gasteiger partial charge in [-0.25, -0.2) is 0 Å².